The number of hydrogen-bond acceptors (Lipinski definition) is 7. The molecule has 0 aliphatic rings. The highest BCUT2D eigenvalue weighted by Crippen LogP contribution is 2.43. The monoisotopic (exact) mass is 503 g/mol. The Kier molecular flexibility index (Phi) is 8.72. The second-order valence-corrected chi connectivity index (χ2v) is 14.3. The SMILES string of the molecule is C=C(C(=O)O)[C@H](Nc1cc(OC)c(OC)c(OC)c1)c1ccc(OC)c(O[Si](C)(C)C(C)(C)C)c1. The summed E-state index contributed by atoms with van der Waals surface area (Å²) in [6.07, 6.45) is 0. The fraction of sp³-hybridized carbons (Fsp3) is 0.423. The normalized spacial score (nSPS) is 12.4. The van der Waals surface area contributed by atoms with E-state index in [1.54, 1.807) is 31.4 Å². The molecule has 192 valence electrons. The van der Waals surface area contributed by atoms with Crippen LogP contribution in [0.15, 0.2) is 42.5 Å². The van der Waals surface area contributed by atoms with E-state index in [1.165, 1.54) is 21.3 Å². The van der Waals surface area contributed by atoms with Gasteiger partial charge in [-0.15, -0.1) is 0 Å². The van der Waals surface area contributed by atoms with Crippen LogP contribution in [-0.4, -0.2) is 47.8 Å². The molecule has 2 aromatic rings. The molecule has 0 bridgehead atoms. The Labute approximate surface area is 208 Å². The molecule has 0 amide bonds. The van der Waals surface area contributed by atoms with Gasteiger partial charge in [-0.1, -0.05) is 33.4 Å². The van der Waals surface area contributed by atoms with Crippen LogP contribution in [0.5, 0.6) is 28.7 Å². The number of hydrogen-bond donors (Lipinski definition) is 2. The van der Waals surface area contributed by atoms with Crippen molar-refractivity contribution in [3.05, 3.63) is 48.0 Å². The van der Waals surface area contributed by atoms with Gasteiger partial charge in [0.05, 0.1) is 40.1 Å². The number of rotatable bonds is 11. The summed E-state index contributed by atoms with van der Waals surface area (Å²) in [5.74, 6) is 1.32. The molecule has 8 nitrogen and oxygen atoms in total. The lowest BCUT2D eigenvalue weighted by molar-refractivity contribution is -0.132. The molecule has 2 rings (SSSR count). The molecule has 0 spiro atoms. The number of anilines is 1. The molecule has 2 aromatic carbocycles. The lowest BCUT2D eigenvalue weighted by Crippen LogP contribution is -2.44. The summed E-state index contributed by atoms with van der Waals surface area (Å²) < 4.78 is 28.3. The number of aliphatic carboxylic acids is 1. The van der Waals surface area contributed by atoms with Gasteiger partial charge in [-0.3, -0.25) is 0 Å². The third-order valence-corrected chi connectivity index (χ3v) is 10.6. The highest BCUT2D eigenvalue weighted by Gasteiger charge is 2.39. The van der Waals surface area contributed by atoms with Crippen molar-refractivity contribution in [2.75, 3.05) is 33.8 Å². The molecule has 0 radical (unpaired) electrons. The fourth-order valence-corrected chi connectivity index (χ4v) is 4.22. The first kappa shape index (κ1) is 27.9. The number of ether oxygens (including phenoxy) is 4. The molecule has 35 heavy (non-hydrogen) atoms. The van der Waals surface area contributed by atoms with Gasteiger partial charge in [0.15, 0.2) is 17.2 Å². The number of benzene rings is 2. The lowest BCUT2D eigenvalue weighted by atomic mass is 9.98. The fourth-order valence-electron chi connectivity index (χ4n) is 3.21. The molecule has 0 aromatic heterocycles. The Bertz CT molecular complexity index is 1050. The zero-order valence-electron chi connectivity index (χ0n) is 22.1. The average molecular weight is 504 g/mol. The van der Waals surface area contributed by atoms with Gasteiger partial charge in [-0.2, -0.15) is 0 Å². The molecular formula is C26H37NO7Si. The van der Waals surface area contributed by atoms with Crippen molar-refractivity contribution in [1.29, 1.82) is 0 Å². The molecule has 0 aliphatic heterocycles. The summed E-state index contributed by atoms with van der Waals surface area (Å²) in [6.45, 7) is 14.5. The van der Waals surface area contributed by atoms with E-state index in [2.05, 4.69) is 45.8 Å². The highest BCUT2D eigenvalue weighted by molar-refractivity contribution is 6.74. The van der Waals surface area contributed by atoms with Gasteiger partial charge >= 0.3 is 5.97 Å². The molecule has 0 saturated carbocycles. The van der Waals surface area contributed by atoms with Crippen LogP contribution in [0, 0.1) is 0 Å². The van der Waals surface area contributed by atoms with Crippen molar-refractivity contribution >= 4 is 20.0 Å². The van der Waals surface area contributed by atoms with Crippen molar-refractivity contribution in [3.63, 3.8) is 0 Å². The molecule has 0 unspecified atom stereocenters. The smallest absolute Gasteiger partial charge is 0.333 e. The Morgan fingerprint density at radius 1 is 0.914 bits per heavy atom. The maximum atomic E-state index is 12.0. The first-order chi connectivity index (χ1) is 16.3. The summed E-state index contributed by atoms with van der Waals surface area (Å²) in [5, 5.41) is 13.0. The van der Waals surface area contributed by atoms with E-state index in [0.717, 1.165) is 0 Å². The summed E-state index contributed by atoms with van der Waals surface area (Å²) in [5.41, 5.74) is 1.18. The van der Waals surface area contributed by atoms with Crippen molar-refractivity contribution in [3.8, 4) is 28.7 Å². The first-order valence-electron chi connectivity index (χ1n) is 11.1. The van der Waals surface area contributed by atoms with Crippen LogP contribution < -0.4 is 28.7 Å². The number of nitrogens with one attached hydrogen (secondary N) is 1. The van der Waals surface area contributed by atoms with Gasteiger partial charge in [0.25, 0.3) is 8.32 Å². The third-order valence-electron chi connectivity index (χ3n) is 6.29. The molecule has 2 N–H and O–H groups in total. The van der Waals surface area contributed by atoms with Crippen LogP contribution in [0.2, 0.25) is 18.1 Å². The van der Waals surface area contributed by atoms with Gasteiger partial charge in [0, 0.05) is 17.8 Å². The number of carboxylic acid groups (broad SMARTS) is 1. The third kappa shape index (κ3) is 6.22. The minimum absolute atomic E-state index is 0.0352. The van der Waals surface area contributed by atoms with E-state index in [-0.39, 0.29) is 10.6 Å². The van der Waals surface area contributed by atoms with Crippen LogP contribution in [0.4, 0.5) is 5.69 Å². The van der Waals surface area contributed by atoms with Gasteiger partial charge in [0.2, 0.25) is 5.75 Å². The van der Waals surface area contributed by atoms with Crippen LogP contribution in [0.1, 0.15) is 32.4 Å². The second kappa shape index (κ2) is 10.9. The topological polar surface area (TPSA) is 95.5 Å². The Morgan fingerprint density at radius 3 is 1.89 bits per heavy atom. The average Bonchev–Trinajstić information content (AvgIpc) is 2.80. The lowest BCUT2D eigenvalue weighted by Gasteiger charge is -2.37. The minimum atomic E-state index is -2.20. The van der Waals surface area contributed by atoms with E-state index in [1.807, 2.05) is 6.07 Å². The zero-order chi connectivity index (χ0) is 26.6. The van der Waals surface area contributed by atoms with Crippen LogP contribution in [-0.2, 0) is 4.79 Å². The second-order valence-electron chi connectivity index (χ2n) is 9.59. The molecule has 1 atom stereocenters. The maximum Gasteiger partial charge on any atom is 0.333 e. The summed E-state index contributed by atoms with van der Waals surface area (Å²) in [6, 6.07) is 8.02. The predicted octanol–water partition coefficient (Wildman–Crippen LogP) is 5.90. The van der Waals surface area contributed by atoms with Crippen molar-refractivity contribution in [1.82, 2.24) is 0 Å². The van der Waals surface area contributed by atoms with Crippen molar-refractivity contribution in [2.24, 2.45) is 0 Å². The van der Waals surface area contributed by atoms with Gasteiger partial charge in [0.1, 0.15) is 5.75 Å². The predicted molar refractivity (Wildman–Crippen MR) is 140 cm³/mol. The molecule has 9 heteroatoms. The Balaban J connectivity index is 2.59. The number of carbonyl (C=O) groups is 1. The van der Waals surface area contributed by atoms with E-state index < -0.39 is 20.3 Å². The molecule has 0 fully saturated rings. The largest absolute Gasteiger partial charge is 0.541 e. The highest BCUT2D eigenvalue weighted by atomic mass is 28.4. The Morgan fingerprint density at radius 2 is 1.46 bits per heavy atom. The quantitative estimate of drug-likeness (QED) is 0.289. The van der Waals surface area contributed by atoms with Crippen LogP contribution in [0.3, 0.4) is 0 Å². The van der Waals surface area contributed by atoms with E-state index in [4.69, 9.17) is 23.4 Å². The summed E-state index contributed by atoms with van der Waals surface area (Å²) in [7, 11) is 3.93. The number of carboxylic acids is 1. The van der Waals surface area contributed by atoms with Crippen molar-refractivity contribution in [2.45, 2.75) is 44.9 Å². The van der Waals surface area contributed by atoms with Crippen LogP contribution in [0.25, 0.3) is 0 Å². The standard InChI is InChI=1S/C26H37NO7Si/c1-16(25(28)29)23(27-18-14-21(31-6)24(33-8)22(15-18)32-7)17-11-12-19(30-5)20(13-17)34-35(9,10)26(2,3)4/h11-15,23,27H,1H2,2-10H3,(H,28,29)/t23-/m0/s1. The van der Waals surface area contributed by atoms with Crippen LogP contribution >= 0.6 is 0 Å². The summed E-state index contributed by atoms with van der Waals surface area (Å²) >= 11 is 0. The first-order valence-corrected chi connectivity index (χ1v) is 14.1. The van der Waals surface area contributed by atoms with Gasteiger partial charge in [-0.25, -0.2) is 4.79 Å². The summed E-state index contributed by atoms with van der Waals surface area (Å²) in [4.78, 5) is 12.0. The van der Waals surface area contributed by atoms with E-state index in [0.29, 0.717) is 40.0 Å². The molecule has 0 heterocycles. The van der Waals surface area contributed by atoms with E-state index in [9.17, 15) is 9.90 Å². The molecule has 0 saturated heterocycles. The zero-order valence-corrected chi connectivity index (χ0v) is 23.1. The van der Waals surface area contributed by atoms with E-state index >= 15 is 0 Å². The Hall–Kier alpha value is -3.33. The minimum Gasteiger partial charge on any atom is -0.541 e. The molecule has 0 aliphatic carbocycles. The van der Waals surface area contributed by atoms with Gasteiger partial charge < -0.3 is 33.8 Å². The maximum absolute atomic E-state index is 12.0. The number of methoxy groups -OCH3 is 4. The molecular weight excluding hydrogens is 466 g/mol. The van der Waals surface area contributed by atoms with Gasteiger partial charge in [-0.05, 0) is 35.8 Å². The van der Waals surface area contributed by atoms with Crippen molar-refractivity contribution < 1.29 is 33.3 Å².